The molecule has 0 aromatic rings. The van der Waals surface area contributed by atoms with E-state index in [0.29, 0.717) is 6.61 Å². The fraction of sp³-hybridized carbons (Fsp3) is 0.636. The maximum atomic E-state index is 8.92. The van der Waals surface area contributed by atoms with Crippen LogP contribution in [0, 0.1) is 0 Å². The third-order valence-electron chi connectivity index (χ3n) is 1.68. The second-order valence-corrected chi connectivity index (χ2v) is 3.06. The number of hydrogen-bond acceptors (Lipinski definition) is 3. The summed E-state index contributed by atoms with van der Waals surface area (Å²) in [6.07, 6.45) is 8.29. The van der Waals surface area contributed by atoms with Gasteiger partial charge in [0.2, 0.25) is 0 Å². The average molecular weight is 200 g/mol. The Hall–Kier alpha value is -0.640. The Kier molecular flexibility index (Phi) is 9.96. The van der Waals surface area contributed by atoms with Crippen LogP contribution >= 0.6 is 0 Å². The normalized spacial score (nSPS) is 13.3. The van der Waals surface area contributed by atoms with Gasteiger partial charge in [-0.3, -0.25) is 0 Å². The zero-order valence-electron chi connectivity index (χ0n) is 8.56. The topological polar surface area (TPSA) is 49.7 Å². The molecular formula is C11H20O3. The van der Waals surface area contributed by atoms with Crippen molar-refractivity contribution in [1.82, 2.24) is 0 Å². The van der Waals surface area contributed by atoms with Gasteiger partial charge in [0.05, 0.1) is 19.8 Å². The molecule has 0 bridgehead atoms. The first-order valence-corrected chi connectivity index (χ1v) is 4.93. The number of aliphatic hydroxyl groups excluding tert-OH is 2. The lowest BCUT2D eigenvalue weighted by molar-refractivity contribution is 0.0149. The van der Waals surface area contributed by atoms with Gasteiger partial charge >= 0.3 is 0 Å². The molecule has 0 saturated carbocycles. The van der Waals surface area contributed by atoms with E-state index in [1.807, 2.05) is 12.2 Å². The molecule has 0 spiro atoms. The number of hydrogen-bond donors (Lipinski definition) is 2. The van der Waals surface area contributed by atoms with E-state index in [1.165, 1.54) is 0 Å². The minimum atomic E-state index is -0.760. The Morgan fingerprint density at radius 1 is 1.29 bits per heavy atom. The first kappa shape index (κ1) is 13.4. The van der Waals surface area contributed by atoms with Gasteiger partial charge in [-0.25, -0.2) is 0 Å². The Labute approximate surface area is 85.7 Å². The summed E-state index contributed by atoms with van der Waals surface area (Å²) in [6.45, 7) is 4.07. The molecule has 0 radical (unpaired) electrons. The van der Waals surface area contributed by atoms with Crippen LogP contribution < -0.4 is 0 Å². The highest BCUT2D eigenvalue weighted by Gasteiger charge is 1.98. The molecule has 14 heavy (non-hydrogen) atoms. The highest BCUT2D eigenvalue weighted by atomic mass is 16.5. The van der Waals surface area contributed by atoms with E-state index < -0.39 is 6.10 Å². The lowest BCUT2D eigenvalue weighted by atomic mass is 10.2. The summed E-state index contributed by atoms with van der Waals surface area (Å²) >= 11 is 0. The molecular weight excluding hydrogens is 180 g/mol. The first-order valence-electron chi connectivity index (χ1n) is 4.93. The van der Waals surface area contributed by atoms with E-state index >= 15 is 0 Å². The van der Waals surface area contributed by atoms with Crippen LogP contribution in [0.5, 0.6) is 0 Å². The second-order valence-electron chi connectivity index (χ2n) is 3.06. The predicted octanol–water partition coefficient (Wildman–Crippen LogP) is 1.27. The smallest absolute Gasteiger partial charge is 0.100 e. The fourth-order valence-electron chi connectivity index (χ4n) is 0.891. The molecule has 0 aromatic heterocycles. The molecule has 2 N–H and O–H groups in total. The van der Waals surface area contributed by atoms with E-state index in [1.54, 1.807) is 0 Å². The van der Waals surface area contributed by atoms with E-state index in [-0.39, 0.29) is 13.2 Å². The highest BCUT2D eigenvalue weighted by molar-refractivity contribution is 4.82. The van der Waals surface area contributed by atoms with E-state index in [2.05, 4.69) is 12.7 Å². The first-order chi connectivity index (χ1) is 6.81. The van der Waals surface area contributed by atoms with Gasteiger partial charge in [-0.15, -0.1) is 6.58 Å². The van der Waals surface area contributed by atoms with Crippen LogP contribution in [0.2, 0.25) is 0 Å². The van der Waals surface area contributed by atoms with Gasteiger partial charge in [0.25, 0.3) is 0 Å². The Morgan fingerprint density at radius 3 is 2.71 bits per heavy atom. The maximum absolute atomic E-state index is 8.92. The standard InChI is InChI=1S/C11H20O3/c1-2-3-4-5-6-7-8-14-10-11(13)9-12/h2,6-7,11-13H,1,3-5,8-10H2/b7-6-. The fourth-order valence-corrected chi connectivity index (χ4v) is 0.891. The van der Waals surface area contributed by atoms with Crippen LogP contribution in [0.1, 0.15) is 19.3 Å². The van der Waals surface area contributed by atoms with E-state index in [0.717, 1.165) is 19.3 Å². The highest BCUT2D eigenvalue weighted by Crippen LogP contribution is 1.96. The zero-order valence-corrected chi connectivity index (χ0v) is 8.56. The Balaban J connectivity index is 3.14. The molecule has 0 amide bonds. The van der Waals surface area contributed by atoms with Crippen molar-refractivity contribution in [2.24, 2.45) is 0 Å². The molecule has 0 fully saturated rings. The molecule has 3 heteroatoms. The van der Waals surface area contributed by atoms with Crippen molar-refractivity contribution in [2.75, 3.05) is 19.8 Å². The molecule has 82 valence electrons. The van der Waals surface area contributed by atoms with Gasteiger partial charge in [0.1, 0.15) is 6.10 Å². The van der Waals surface area contributed by atoms with Crippen molar-refractivity contribution in [1.29, 1.82) is 0 Å². The van der Waals surface area contributed by atoms with Crippen molar-refractivity contribution in [3.8, 4) is 0 Å². The molecule has 0 aliphatic carbocycles. The van der Waals surface area contributed by atoms with E-state index in [4.69, 9.17) is 14.9 Å². The summed E-state index contributed by atoms with van der Waals surface area (Å²) in [5.41, 5.74) is 0. The number of rotatable bonds is 9. The van der Waals surface area contributed by atoms with E-state index in [9.17, 15) is 0 Å². The second kappa shape index (κ2) is 10.4. The SMILES string of the molecule is C=CCCC/C=C\COCC(O)CO. The van der Waals surface area contributed by atoms with Crippen LogP contribution in [0.4, 0.5) is 0 Å². The van der Waals surface area contributed by atoms with Crippen LogP contribution in [-0.2, 0) is 4.74 Å². The number of aliphatic hydroxyl groups is 2. The van der Waals surface area contributed by atoms with Crippen molar-refractivity contribution in [2.45, 2.75) is 25.4 Å². The molecule has 3 nitrogen and oxygen atoms in total. The summed E-state index contributed by atoms with van der Waals surface area (Å²) in [6, 6.07) is 0. The molecule has 0 aliphatic heterocycles. The molecule has 0 saturated heterocycles. The Bertz CT molecular complexity index is 155. The maximum Gasteiger partial charge on any atom is 0.100 e. The molecule has 1 atom stereocenters. The average Bonchev–Trinajstić information content (AvgIpc) is 2.21. The van der Waals surface area contributed by atoms with Gasteiger partial charge in [-0.2, -0.15) is 0 Å². The van der Waals surface area contributed by atoms with Crippen LogP contribution in [0.15, 0.2) is 24.8 Å². The summed E-state index contributed by atoms with van der Waals surface area (Å²) in [5, 5.41) is 17.4. The summed E-state index contributed by atoms with van der Waals surface area (Å²) in [7, 11) is 0. The molecule has 0 rings (SSSR count). The lowest BCUT2D eigenvalue weighted by Gasteiger charge is -2.05. The third-order valence-corrected chi connectivity index (χ3v) is 1.68. The van der Waals surface area contributed by atoms with Crippen LogP contribution in [0.3, 0.4) is 0 Å². The van der Waals surface area contributed by atoms with Crippen molar-refractivity contribution >= 4 is 0 Å². The van der Waals surface area contributed by atoms with Crippen LogP contribution in [-0.4, -0.2) is 36.1 Å². The monoisotopic (exact) mass is 200 g/mol. The largest absolute Gasteiger partial charge is 0.394 e. The molecule has 0 heterocycles. The summed E-state index contributed by atoms with van der Waals surface area (Å²) < 4.78 is 5.08. The lowest BCUT2D eigenvalue weighted by Crippen LogP contribution is -2.19. The number of unbranched alkanes of at least 4 members (excludes halogenated alkanes) is 2. The number of allylic oxidation sites excluding steroid dienone is 2. The van der Waals surface area contributed by atoms with Gasteiger partial charge < -0.3 is 14.9 Å². The van der Waals surface area contributed by atoms with Gasteiger partial charge in [-0.1, -0.05) is 18.2 Å². The Morgan fingerprint density at radius 2 is 2.07 bits per heavy atom. The minimum Gasteiger partial charge on any atom is -0.394 e. The number of ether oxygens (including phenoxy) is 1. The van der Waals surface area contributed by atoms with Gasteiger partial charge in [-0.05, 0) is 19.3 Å². The molecule has 1 unspecified atom stereocenters. The molecule has 0 aliphatic rings. The minimum absolute atomic E-state index is 0.188. The predicted molar refractivity (Wildman–Crippen MR) is 57.1 cm³/mol. The summed E-state index contributed by atoms with van der Waals surface area (Å²) in [5.74, 6) is 0. The zero-order chi connectivity index (χ0) is 10.6. The van der Waals surface area contributed by atoms with Gasteiger partial charge in [0, 0.05) is 0 Å². The van der Waals surface area contributed by atoms with Crippen molar-refractivity contribution in [3.05, 3.63) is 24.8 Å². The van der Waals surface area contributed by atoms with Crippen molar-refractivity contribution < 1.29 is 14.9 Å². The summed E-state index contributed by atoms with van der Waals surface area (Å²) in [4.78, 5) is 0. The van der Waals surface area contributed by atoms with Crippen LogP contribution in [0.25, 0.3) is 0 Å². The third kappa shape index (κ3) is 9.45. The quantitative estimate of drug-likeness (QED) is 0.435. The molecule has 0 aromatic carbocycles. The van der Waals surface area contributed by atoms with Gasteiger partial charge in [0.15, 0.2) is 0 Å². The van der Waals surface area contributed by atoms with Crippen molar-refractivity contribution in [3.63, 3.8) is 0 Å².